The number of hydrogen-bond donors (Lipinski definition) is 2. The molecule has 0 unspecified atom stereocenters. The molecule has 0 spiro atoms. The summed E-state index contributed by atoms with van der Waals surface area (Å²) in [5.41, 5.74) is 0.464. The van der Waals surface area contributed by atoms with E-state index in [1.165, 1.54) is 17.8 Å². The van der Waals surface area contributed by atoms with E-state index < -0.39 is 24.5 Å². The van der Waals surface area contributed by atoms with Crippen LogP contribution in [0.3, 0.4) is 0 Å². The normalized spacial score (nSPS) is 20.3. The van der Waals surface area contributed by atoms with Gasteiger partial charge in [0, 0.05) is 15.8 Å². The molecule has 0 aromatic carbocycles. The van der Waals surface area contributed by atoms with Crippen molar-refractivity contribution >= 4 is 29.2 Å². The van der Waals surface area contributed by atoms with E-state index in [2.05, 4.69) is 17.6 Å². The molecule has 1 saturated carbocycles. The van der Waals surface area contributed by atoms with Crippen LogP contribution in [0.25, 0.3) is 0 Å². The fourth-order valence-corrected chi connectivity index (χ4v) is 3.85. The second kappa shape index (κ2) is 8.28. The molecular formula is C17H24N2O4S. The topological polar surface area (TPSA) is 84.5 Å². The van der Waals surface area contributed by atoms with Crippen molar-refractivity contribution in [1.29, 1.82) is 0 Å². The Bertz CT molecular complexity index is 626. The highest BCUT2D eigenvalue weighted by Crippen LogP contribution is 2.23. The molecule has 1 aromatic heterocycles. The van der Waals surface area contributed by atoms with Gasteiger partial charge in [0.25, 0.3) is 5.91 Å². The van der Waals surface area contributed by atoms with Gasteiger partial charge in [0.05, 0.1) is 5.56 Å². The monoisotopic (exact) mass is 352 g/mol. The Morgan fingerprint density at radius 2 is 1.96 bits per heavy atom. The summed E-state index contributed by atoms with van der Waals surface area (Å²) in [5.74, 6) is -0.774. The minimum atomic E-state index is -0.631. The Labute approximate surface area is 146 Å². The highest BCUT2D eigenvalue weighted by Gasteiger charge is 2.23. The summed E-state index contributed by atoms with van der Waals surface area (Å²) in [6.45, 7) is 5.35. The number of nitrogens with one attached hydrogen (secondary N) is 2. The molecule has 24 heavy (non-hydrogen) atoms. The summed E-state index contributed by atoms with van der Waals surface area (Å²) in [6.07, 6.45) is 4.27. The van der Waals surface area contributed by atoms with Gasteiger partial charge >= 0.3 is 12.0 Å². The van der Waals surface area contributed by atoms with Crippen LogP contribution in [-0.2, 0) is 9.53 Å². The van der Waals surface area contributed by atoms with E-state index in [0.717, 1.165) is 29.0 Å². The third-order valence-electron chi connectivity index (χ3n) is 4.28. The maximum absolute atomic E-state index is 11.9. The molecule has 1 aliphatic carbocycles. The second-order valence-electron chi connectivity index (χ2n) is 6.29. The quantitative estimate of drug-likeness (QED) is 0.816. The number of carbonyl (C=O) groups is 3. The summed E-state index contributed by atoms with van der Waals surface area (Å²) in [6, 6.07) is 1.29. The van der Waals surface area contributed by atoms with Crippen molar-refractivity contribution in [3.05, 3.63) is 21.4 Å². The number of aryl methyl sites for hydroxylation is 2. The summed E-state index contributed by atoms with van der Waals surface area (Å²) in [7, 11) is 0. The van der Waals surface area contributed by atoms with Crippen LogP contribution in [0.4, 0.5) is 4.79 Å². The van der Waals surface area contributed by atoms with Gasteiger partial charge in [-0.25, -0.2) is 9.59 Å². The molecule has 2 rings (SSSR count). The fourth-order valence-electron chi connectivity index (χ4n) is 2.94. The van der Waals surface area contributed by atoms with E-state index in [1.54, 1.807) is 6.07 Å². The lowest BCUT2D eigenvalue weighted by Crippen LogP contribution is -2.48. The van der Waals surface area contributed by atoms with Gasteiger partial charge in [-0.15, -0.1) is 11.3 Å². The number of carbonyl (C=O) groups excluding carboxylic acids is 3. The molecule has 7 heteroatoms. The molecule has 2 N–H and O–H groups in total. The van der Waals surface area contributed by atoms with Crippen molar-refractivity contribution in [3.8, 4) is 0 Å². The van der Waals surface area contributed by atoms with E-state index >= 15 is 0 Å². The first-order valence-electron chi connectivity index (χ1n) is 8.21. The number of amides is 3. The van der Waals surface area contributed by atoms with Gasteiger partial charge in [0.2, 0.25) is 0 Å². The van der Waals surface area contributed by atoms with Crippen LogP contribution in [0.2, 0.25) is 0 Å². The zero-order chi connectivity index (χ0) is 17.7. The van der Waals surface area contributed by atoms with Crippen molar-refractivity contribution < 1.29 is 19.1 Å². The third kappa shape index (κ3) is 5.06. The maximum Gasteiger partial charge on any atom is 0.339 e. The Morgan fingerprint density at radius 3 is 2.58 bits per heavy atom. The zero-order valence-corrected chi connectivity index (χ0v) is 15.1. The van der Waals surface area contributed by atoms with Gasteiger partial charge in [-0.1, -0.05) is 19.8 Å². The first kappa shape index (κ1) is 18.4. The van der Waals surface area contributed by atoms with Gasteiger partial charge in [-0.2, -0.15) is 0 Å². The lowest BCUT2D eigenvalue weighted by atomic mass is 9.86. The molecular weight excluding hydrogens is 328 g/mol. The zero-order valence-electron chi connectivity index (χ0n) is 14.3. The van der Waals surface area contributed by atoms with Crippen LogP contribution >= 0.6 is 11.3 Å². The summed E-state index contributed by atoms with van der Waals surface area (Å²) in [4.78, 5) is 37.4. The van der Waals surface area contributed by atoms with E-state index in [9.17, 15) is 14.4 Å². The molecule has 2 atom stereocenters. The first-order valence-corrected chi connectivity index (χ1v) is 9.03. The Hall–Kier alpha value is -1.89. The summed E-state index contributed by atoms with van der Waals surface area (Å²) >= 11 is 1.50. The largest absolute Gasteiger partial charge is 0.452 e. The Morgan fingerprint density at radius 1 is 1.25 bits per heavy atom. The highest BCUT2D eigenvalue weighted by molar-refractivity contribution is 7.12. The Balaban J connectivity index is 1.75. The minimum absolute atomic E-state index is 0.0885. The third-order valence-corrected chi connectivity index (χ3v) is 5.24. The van der Waals surface area contributed by atoms with Crippen molar-refractivity contribution in [2.24, 2.45) is 5.92 Å². The molecule has 0 bridgehead atoms. The smallest absolute Gasteiger partial charge is 0.339 e. The van der Waals surface area contributed by atoms with Gasteiger partial charge < -0.3 is 10.1 Å². The number of rotatable bonds is 4. The van der Waals surface area contributed by atoms with Crippen molar-refractivity contribution in [2.75, 3.05) is 6.61 Å². The minimum Gasteiger partial charge on any atom is -0.452 e. The lowest BCUT2D eigenvalue weighted by molar-refractivity contribution is -0.123. The molecule has 0 saturated heterocycles. The molecule has 0 aliphatic heterocycles. The molecule has 1 fully saturated rings. The van der Waals surface area contributed by atoms with Crippen molar-refractivity contribution in [3.63, 3.8) is 0 Å². The number of thiophene rings is 1. The molecule has 1 heterocycles. The first-order chi connectivity index (χ1) is 11.4. The van der Waals surface area contributed by atoms with Gasteiger partial charge in [-0.3, -0.25) is 10.1 Å². The average molecular weight is 352 g/mol. The van der Waals surface area contributed by atoms with Gasteiger partial charge in [0.15, 0.2) is 6.61 Å². The van der Waals surface area contributed by atoms with Gasteiger partial charge in [-0.05, 0) is 38.7 Å². The summed E-state index contributed by atoms with van der Waals surface area (Å²) < 4.78 is 4.97. The van der Waals surface area contributed by atoms with Crippen molar-refractivity contribution in [1.82, 2.24) is 10.6 Å². The predicted molar refractivity (Wildman–Crippen MR) is 92.2 cm³/mol. The molecule has 1 aliphatic rings. The average Bonchev–Trinajstić information content (AvgIpc) is 2.86. The highest BCUT2D eigenvalue weighted by atomic mass is 32.1. The molecule has 132 valence electrons. The van der Waals surface area contributed by atoms with Gasteiger partial charge in [0.1, 0.15) is 0 Å². The second-order valence-corrected chi connectivity index (χ2v) is 7.75. The fraction of sp³-hybridized carbons (Fsp3) is 0.588. The molecule has 3 amide bonds. The van der Waals surface area contributed by atoms with E-state index in [-0.39, 0.29) is 6.04 Å². The van der Waals surface area contributed by atoms with Crippen LogP contribution in [-0.4, -0.2) is 30.6 Å². The number of hydrogen-bond acceptors (Lipinski definition) is 5. The lowest BCUT2D eigenvalue weighted by Gasteiger charge is -2.29. The number of esters is 1. The Kier molecular flexibility index (Phi) is 6.36. The predicted octanol–water partition coefficient (Wildman–Crippen LogP) is 2.93. The van der Waals surface area contributed by atoms with Crippen LogP contribution in [0, 0.1) is 19.8 Å². The number of ether oxygens (including phenoxy) is 1. The molecule has 0 radical (unpaired) electrons. The van der Waals surface area contributed by atoms with Crippen molar-refractivity contribution in [2.45, 2.75) is 52.5 Å². The van der Waals surface area contributed by atoms with Crippen LogP contribution in [0.1, 0.15) is 52.7 Å². The van der Waals surface area contributed by atoms with Crippen LogP contribution in [0.15, 0.2) is 6.07 Å². The van der Waals surface area contributed by atoms with E-state index in [4.69, 9.17) is 4.74 Å². The number of imide groups is 1. The van der Waals surface area contributed by atoms with Crippen LogP contribution < -0.4 is 10.6 Å². The standard InChI is InChI=1S/C17H24N2O4S/c1-10-6-4-5-7-14(10)18-17(22)19-15(20)9-23-16(21)13-8-11(2)24-12(13)3/h8,10,14H,4-7,9H2,1-3H3,(H2,18,19,20,22)/t10-,14-/m0/s1. The number of urea groups is 1. The van der Waals surface area contributed by atoms with E-state index in [1.807, 2.05) is 13.8 Å². The summed E-state index contributed by atoms with van der Waals surface area (Å²) in [5, 5.41) is 5.03. The van der Waals surface area contributed by atoms with E-state index in [0.29, 0.717) is 11.5 Å². The maximum atomic E-state index is 11.9. The molecule has 1 aromatic rings. The SMILES string of the molecule is Cc1cc(C(=O)OCC(=O)NC(=O)N[C@H]2CCCC[C@@H]2C)c(C)s1. The molecule has 6 nitrogen and oxygen atoms in total. The van der Waals surface area contributed by atoms with Crippen LogP contribution in [0.5, 0.6) is 0 Å².